The van der Waals surface area contributed by atoms with E-state index in [4.69, 9.17) is 5.11 Å². The predicted molar refractivity (Wildman–Crippen MR) is 47.9 cm³/mol. The van der Waals surface area contributed by atoms with Crippen molar-refractivity contribution in [3.8, 4) is 0 Å². The average Bonchev–Trinajstić information content (AvgIpc) is 1.80. The number of hydrogen-bond donors (Lipinski definition) is 1. The Labute approximate surface area is 92.6 Å². The minimum atomic E-state index is -0.675. The first-order chi connectivity index (χ1) is 4.27. The first kappa shape index (κ1) is 17.6. The molecule has 0 aromatic heterocycles. The molecular formula is C7H14BNaO2. The van der Waals surface area contributed by atoms with E-state index in [9.17, 15) is 4.79 Å². The molecule has 0 rings (SSSR count). The quantitative estimate of drug-likeness (QED) is 0.490. The first-order valence-electron chi connectivity index (χ1n) is 3.49. The normalized spacial score (nSPS) is 7.73. The zero-order chi connectivity index (χ0) is 7.11. The van der Waals surface area contributed by atoms with E-state index in [-0.39, 0.29) is 38.0 Å². The van der Waals surface area contributed by atoms with Gasteiger partial charge in [0.1, 0.15) is 0 Å². The topological polar surface area (TPSA) is 37.3 Å². The van der Waals surface area contributed by atoms with E-state index in [2.05, 4.69) is 6.92 Å². The van der Waals surface area contributed by atoms with Crippen molar-refractivity contribution in [1.82, 2.24) is 0 Å². The van der Waals surface area contributed by atoms with Crippen LogP contribution in [0.4, 0.5) is 0 Å². The second kappa shape index (κ2) is 13.1. The number of aliphatic carboxylic acids is 1. The van der Waals surface area contributed by atoms with Crippen LogP contribution in [-0.4, -0.2) is 49.0 Å². The third-order valence-electron chi connectivity index (χ3n) is 1.24. The Kier molecular flexibility index (Phi) is 21.0. The van der Waals surface area contributed by atoms with Crippen LogP contribution in [0.5, 0.6) is 0 Å². The van der Waals surface area contributed by atoms with Crippen molar-refractivity contribution in [2.45, 2.75) is 39.0 Å². The maximum absolute atomic E-state index is 9.96. The summed E-state index contributed by atoms with van der Waals surface area (Å²) in [4.78, 5) is 9.96. The van der Waals surface area contributed by atoms with Gasteiger partial charge in [0.15, 0.2) is 0 Å². The number of carboxylic acid groups (broad SMARTS) is 1. The van der Waals surface area contributed by atoms with Gasteiger partial charge in [0.05, 0.1) is 0 Å². The van der Waals surface area contributed by atoms with Crippen LogP contribution in [0.25, 0.3) is 0 Å². The molecule has 0 bridgehead atoms. The van der Waals surface area contributed by atoms with Gasteiger partial charge in [0, 0.05) is 44.4 Å². The molecule has 0 aliphatic rings. The van der Waals surface area contributed by atoms with E-state index >= 15 is 0 Å². The minimum absolute atomic E-state index is 0. The zero-order valence-corrected chi connectivity index (χ0v) is 9.47. The summed E-state index contributed by atoms with van der Waals surface area (Å²) in [5, 5.41) is 8.21. The molecule has 0 atom stereocenters. The molecule has 0 heterocycles. The van der Waals surface area contributed by atoms with Crippen LogP contribution in [0.3, 0.4) is 0 Å². The van der Waals surface area contributed by atoms with Crippen molar-refractivity contribution >= 4 is 43.9 Å². The van der Waals surface area contributed by atoms with Gasteiger partial charge in [-0.25, -0.2) is 0 Å². The maximum atomic E-state index is 9.96. The van der Waals surface area contributed by atoms with E-state index in [1.807, 2.05) is 0 Å². The van der Waals surface area contributed by atoms with Gasteiger partial charge in [-0.3, -0.25) is 4.79 Å². The van der Waals surface area contributed by atoms with E-state index in [1.54, 1.807) is 0 Å². The Bertz CT molecular complexity index is 88.5. The molecule has 58 valence electrons. The van der Waals surface area contributed by atoms with Crippen molar-refractivity contribution in [3.63, 3.8) is 0 Å². The summed E-state index contributed by atoms with van der Waals surface area (Å²) >= 11 is 0. The van der Waals surface area contributed by atoms with Crippen LogP contribution in [0.15, 0.2) is 0 Å². The van der Waals surface area contributed by atoms with Gasteiger partial charge in [-0.1, -0.05) is 26.2 Å². The molecule has 11 heavy (non-hydrogen) atoms. The molecule has 0 fully saturated rings. The Morgan fingerprint density at radius 3 is 2.18 bits per heavy atom. The fourth-order valence-electron chi connectivity index (χ4n) is 0.703. The molecule has 0 unspecified atom stereocenters. The number of unbranched alkanes of at least 4 members (excludes halogenated alkanes) is 3. The first-order valence-corrected chi connectivity index (χ1v) is 3.49. The van der Waals surface area contributed by atoms with Crippen molar-refractivity contribution in [1.29, 1.82) is 0 Å². The molecule has 1 N–H and O–H groups in total. The summed E-state index contributed by atoms with van der Waals surface area (Å²) < 4.78 is 0. The Morgan fingerprint density at radius 2 is 1.82 bits per heavy atom. The van der Waals surface area contributed by atoms with Crippen molar-refractivity contribution in [2.75, 3.05) is 0 Å². The van der Waals surface area contributed by atoms with Crippen LogP contribution in [-0.2, 0) is 4.79 Å². The molecule has 0 aliphatic carbocycles. The molecule has 0 spiro atoms. The average molecular weight is 164 g/mol. The van der Waals surface area contributed by atoms with E-state index < -0.39 is 5.97 Å². The van der Waals surface area contributed by atoms with Gasteiger partial charge in [-0.2, -0.15) is 0 Å². The molecule has 2 nitrogen and oxygen atoms in total. The van der Waals surface area contributed by atoms with Crippen molar-refractivity contribution < 1.29 is 9.90 Å². The molecule has 0 saturated carbocycles. The summed E-state index contributed by atoms with van der Waals surface area (Å²) in [6.45, 7) is 2.11. The van der Waals surface area contributed by atoms with E-state index in [0.29, 0.717) is 6.42 Å². The van der Waals surface area contributed by atoms with Gasteiger partial charge in [-0.15, -0.1) is 0 Å². The van der Waals surface area contributed by atoms with Crippen LogP contribution < -0.4 is 0 Å². The van der Waals surface area contributed by atoms with Gasteiger partial charge in [-0.05, 0) is 6.42 Å². The number of hydrogen-bond acceptors (Lipinski definition) is 1. The summed E-state index contributed by atoms with van der Waals surface area (Å²) in [7, 11) is 0. The second-order valence-electron chi connectivity index (χ2n) is 2.20. The number of carbonyl (C=O) groups is 1. The van der Waals surface area contributed by atoms with Gasteiger partial charge >= 0.3 is 5.97 Å². The van der Waals surface area contributed by atoms with Crippen LogP contribution in [0.2, 0.25) is 0 Å². The largest absolute Gasteiger partial charge is 0.481 e. The van der Waals surface area contributed by atoms with Crippen molar-refractivity contribution in [3.05, 3.63) is 0 Å². The van der Waals surface area contributed by atoms with Gasteiger partial charge < -0.3 is 5.11 Å². The predicted octanol–water partition coefficient (Wildman–Crippen LogP) is 1.28. The van der Waals surface area contributed by atoms with Crippen LogP contribution in [0, 0.1) is 0 Å². The van der Waals surface area contributed by atoms with Crippen LogP contribution in [0.1, 0.15) is 39.0 Å². The maximum Gasteiger partial charge on any atom is 0.303 e. The second-order valence-corrected chi connectivity index (χ2v) is 2.20. The molecule has 0 aliphatic heterocycles. The minimum Gasteiger partial charge on any atom is -0.481 e. The SMILES string of the molecule is CCCCCCC(=O)O.[B].[Na]. The Morgan fingerprint density at radius 1 is 1.27 bits per heavy atom. The summed E-state index contributed by atoms with van der Waals surface area (Å²) in [6, 6.07) is 0. The standard InChI is InChI=1S/C7H14O2.B.Na/c1-2-3-4-5-6-7(8)9;;/h2-6H2,1H3,(H,8,9);;. The fraction of sp³-hybridized carbons (Fsp3) is 0.857. The fourth-order valence-corrected chi connectivity index (χ4v) is 0.703. The number of carboxylic acids is 1. The van der Waals surface area contributed by atoms with Gasteiger partial charge in [0.25, 0.3) is 0 Å². The molecule has 4 heteroatoms. The Balaban J connectivity index is -0.000000320. The third kappa shape index (κ3) is 18.0. The summed E-state index contributed by atoms with van der Waals surface area (Å²) in [6.07, 6.45) is 4.55. The monoisotopic (exact) mass is 164 g/mol. The third-order valence-corrected chi connectivity index (χ3v) is 1.24. The zero-order valence-electron chi connectivity index (χ0n) is 7.47. The van der Waals surface area contributed by atoms with Crippen LogP contribution >= 0.6 is 0 Å². The smallest absolute Gasteiger partial charge is 0.303 e. The molecular weight excluding hydrogens is 150 g/mol. The molecule has 0 aromatic rings. The number of rotatable bonds is 5. The Hall–Kier alpha value is 0.535. The summed E-state index contributed by atoms with van der Waals surface area (Å²) in [5.74, 6) is -0.675. The van der Waals surface area contributed by atoms with Gasteiger partial charge in [0.2, 0.25) is 0 Å². The van der Waals surface area contributed by atoms with E-state index in [1.165, 1.54) is 6.42 Å². The molecule has 4 radical (unpaired) electrons. The molecule has 0 aromatic carbocycles. The molecule has 0 amide bonds. The van der Waals surface area contributed by atoms with E-state index in [0.717, 1.165) is 19.3 Å². The molecule has 0 saturated heterocycles. The summed E-state index contributed by atoms with van der Waals surface area (Å²) in [5.41, 5.74) is 0. The van der Waals surface area contributed by atoms with Crippen molar-refractivity contribution in [2.24, 2.45) is 0 Å².